The topological polar surface area (TPSA) is 86.8 Å². The second-order valence-corrected chi connectivity index (χ2v) is 13.8. The van der Waals surface area contributed by atoms with Crippen molar-refractivity contribution in [2.24, 2.45) is 0 Å². The highest BCUT2D eigenvalue weighted by Crippen LogP contribution is 2.36. The van der Waals surface area contributed by atoms with Gasteiger partial charge < -0.3 is 10.2 Å². The summed E-state index contributed by atoms with van der Waals surface area (Å²) in [7, 11) is -4.33. The third-order valence-electron chi connectivity index (χ3n) is 6.26. The highest BCUT2D eigenvalue weighted by atomic mass is 35.5. The SMILES string of the molecule is CC(C)(C)NC(=O)[C@@H](Cc1ccccc1)N(Cc1ccc(Cl)cc1)C(=O)CN(c1cc(C(F)(F)F)ccc1Cl)S(C)(=O)=O. The number of carbonyl (C=O) groups is 2. The smallest absolute Gasteiger partial charge is 0.350 e. The number of rotatable bonds is 10. The van der Waals surface area contributed by atoms with Crippen LogP contribution in [0.3, 0.4) is 0 Å². The summed E-state index contributed by atoms with van der Waals surface area (Å²) in [5, 5.41) is 3.02. The molecule has 3 aromatic rings. The fraction of sp³-hybridized carbons (Fsp3) is 0.333. The molecule has 0 bridgehead atoms. The van der Waals surface area contributed by atoms with Crippen LogP contribution in [0.2, 0.25) is 10.0 Å². The zero-order valence-corrected chi connectivity index (χ0v) is 26.3. The van der Waals surface area contributed by atoms with Crippen LogP contribution in [-0.4, -0.2) is 49.5 Å². The van der Waals surface area contributed by atoms with Crippen molar-refractivity contribution in [3.05, 3.63) is 99.5 Å². The molecule has 0 aliphatic heterocycles. The second-order valence-electron chi connectivity index (χ2n) is 11.0. The Bertz CT molecular complexity index is 1550. The lowest BCUT2D eigenvalue weighted by Crippen LogP contribution is -2.56. The molecule has 0 fully saturated rings. The number of nitrogens with one attached hydrogen (secondary N) is 1. The molecule has 1 atom stereocenters. The van der Waals surface area contributed by atoms with Gasteiger partial charge in [0.15, 0.2) is 0 Å². The van der Waals surface area contributed by atoms with Crippen LogP contribution in [0.1, 0.15) is 37.5 Å². The summed E-state index contributed by atoms with van der Waals surface area (Å²) in [5.41, 5.74) is -1.02. The van der Waals surface area contributed by atoms with Crippen LogP contribution >= 0.6 is 23.2 Å². The average Bonchev–Trinajstić information content (AvgIpc) is 2.89. The molecule has 0 aromatic heterocycles. The molecule has 43 heavy (non-hydrogen) atoms. The fourth-order valence-corrected chi connectivity index (χ4v) is 5.52. The van der Waals surface area contributed by atoms with Crippen LogP contribution in [0.4, 0.5) is 18.9 Å². The summed E-state index contributed by atoms with van der Waals surface area (Å²) in [6.07, 6.45) is -3.96. The van der Waals surface area contributed by atoms with Gasteiger partial charge in [-0.05, 0) is 62.2 Å². The average molecular weight is 659 g/mol. The Morgan fingerprint density at radius 1 is 0.907 bits per heavy atom. The second kappa shape index (κ2) is 13.6. The molecule has 1 N–H and O–H groups in total. The van der Waals surface area contributed by atoms with Crippen LogP contribution in [0.5, 0.6) is 0 Å². The number of hydrogen-bond donors (Lipinski definition) is 1. The van der Waals surface area contributed by atoms with Crippen molar-refractivity contribution in [1.82, 2.24) is 10.2 Å². The number of sulfonamides is 1. The number of nitrogens with zero attached hydrogens (tertiary/aromatic N) is 2. The van der Waals surface area contributed by atoms with E-state index in [1.54, 1.807) is 75.4 Å². The molecule has 0 saturated carbocycles. The lowest BCUT2D eigenvalue weighted by molar-refractivity contribution is -0.140. The van der Waals surface area contributed by atoms with Crippen molar-refractivity contribution in [2.75, 3.05) is 17.1 Å². The van der Waals surface area contributed by atoms with Crippen molar-refractivity contribution in [1.29, 1.82) is 0 Å². The van der Waals surface area contributed by atoms with E-state index in [2.05, 4.69) is 5.32 Å². The summed E-state index contributed by atoms with van der Waals surface area (Å²) in [6.45, 7) is 4.28. The van der Waals surface area contributed by atoms with Gasteiger partial charge in [0.05, 0.1) is 22.5 Å². The predicted octanol–water partition coefficient (Wildman–Crippen LogP) is 6.33. The van der Waals surface area contributed by atoms with Crippen molar-refractivity contribution >= 4 is 50.7 Å². The minimum atomic E-state index is -4.79. The molecular formula is C30H32Cl2F3N3O4S. The molecule has 0 spiro atoms. The first-order valence-electron chi connectivity index (χ1n) is 13.1. The van der Waals surface area contributed by atoms with Crippen LogP contribution in [0.25, 0.3) is 0 Å². The zero-order chi connectivity index (χ0) is 32.2. The molecule has 0 aliphatic carbocycles. The zero-order valence-electron chi connectivity index (χ0n) is 24.0. The Balaban J connectivity index is 2.13. The van der Waals surface area contributed by atoms with E-state index < -0.39 is 57.4 Å². The largest absolute Gasteiger partial charge is 0.416 e. The normalized spacial score (nSPS) is 12.9. The Kier molecular flexibility index (Phi) is 10.8. The van der Waals surface area contributed by atoms with E-state index in [-0.39, 0.29) is 18.0 Å². The van der Waals surface area contributed by atoms with E-state index in [9.17, 15) is 31.2 Å². The van der Waals surface area contributed by atoms with Crippen molar-refractivity contribution in [3.8, 4) is 0 Å². The molecule has 0 radical (unpaired) electrons. The first kappa shape index (κ1) is 34.2. The highest BCUT2D eigenvalue weighted by Gasteiger charge is 2.36. The molecule has 0 unspecified atom stereocenters. The minimum absolute atomic E-state index is 0.0747. The summed E-state index contributed by atoms with van der Waals surface area (Å²) < 4.78 is 66.9. The number of benzene rings is 3. The summed E-state index contributed by atoms with van der Waals surface area (Å²) in [4.78, 5) is 29.0. The minimum Gasteiger partial charge on any atom is -0.350 e. The van der Waals surface area contributed by atoms with E-state index in [4.69, 9.17) is 23.2 Å². The van der Waals surface area contributed by atoms with Gasteiger partial charge in [0.2, 0.25) is 21.8 Å². The molecule has 3 aromatic carbocycles. The van der Waals surface area contributed by atoms with Crippen molar-refractivity contribution in [2.45, 2.75) is 51.5 Å². The molecular weight excluding hydrogens is 626 g/mol. The van der Waals surface area contributed by atoms with Gasteiger partial charge in [0.25, 0.3) is 0 Å². The Morgan fingerprint density at radius 3 is 2.05 bits per heavy atom. The third kappa shape index (κ3) is 9.87. The van der Waals surface area contributed by atoms with Gasteiger partial charge in [0, 0.05) is 23.5 Å². The highest BCUT2D eigenvalue weighted by molar-refractivity contribution is 7.92. The number of carbonyl (C=O) groups excluding carboxylic acids is 2. The number of anilines is 1. The van der Waals surface area contributed by atoms with Crippen molar-refractivity contribution < 1.29 is 31.2 Å². The molecule has 3 rings (SSSR count). The fourth-order valence-electron chi connectivity index (χ4n) is 4.27. The quantitative estimate of drug-likeness (QED) is 0.276. The molecule has 13 heteroatoms. The van der Waals surface area contributed by atoms with Gasteiger partial charge in [-0.3, -0.25) is 13.9 Å². The standard InChI is InChI=1S/C30H32Cl2F3N3O4S/c1-29(2,3)36-28(40)26(16-20-8-6-5-7-9-20)37(18-21-10-13-23(31)14-11-21)27(39)19-38(43(4,41)42)25-17-22(30(33,34)35)12-15-24(25)32/h5-15,17,26H,16,18-19H2,1-4H3,(H,36,40)/t26-/m1/s1. The van der Waals surface area contributed by atoms with Gasteiger partial charge >= 0.3 is 6.18 Å². The van der Waals surface area contributed by atoms with Crippen LogP contribution in [0, 0.1) is 0 Å². The maximum Gasteiger partial charge on any atom is 0.416 e. The van der Waals surface area contributed by atoms with Crippen LogP contribution < -0.4 is 9.62 Å². The van der Waals surface area contributed by atoms with Crippen LogP contribution in [0.15, 0.2) is 72.8 Å². The van der Waals surface area contributed by atoms with Gasteiger partial charge in [0.1, 0.15) is 12.6 Å². The Labute approximate surface area is 259 Å². The molecule has 2 amide bonds. The molecule has 0 saturated heterocycles. The first-order valence-corrected chi connectivity index (χ1v) is 15.7. The maximum atomic E-state index is 14.1. The number of halogens is 5. The number of hydrogen-bond acceptors (Lipinski definition) is 4. The van der Waals surface area contributed by atoms with E-state index >= 15 is 0 Å². The van der Waals surface area contributed by atoms with E-state index in [1.165, 1.54) is 4.90 Å². The number of amides is 2. The third-order valence-corrected chi connectivity index (χ3v) is 7.95. The first-order chi connectivity index (χ1) is 19.8. The molecule has 7 nitrogen and oxygen atoms in total. The predicted molar refractivity (Wildman–Crippen MR) is 162 cm³/mol. The monoisotopic (exact) mass is 657 g/mol. The maximum absolute atomic E-state index is 14.1. The summed E-state index contributed by atoms with van der Waals surface area (Å²) >= 11 is 12.2. The summed E-state index contributed by atoms with van der Waals surface area (Å²) in [5.74, 6) is -1.33. The van der Waals surface area contributed by atoms with E-state index in [0.29, 0.717) is 27.0 Å². The Morgan fingerprint density at radius 2 is 1.51 bits per heavy atom. The van der Waals surface area contributed by atoms with Gasteiger partial charge in [-0.25, -0.2) is 8.42 Å². The van der Waals surface area contributed by atoms with Gasteiger partial charge in [-0.15, -0.1) is 0 Å². The Hall–Kier alpha value is -3.28. The molecule has 0 aliphatic rings. The lowest BCUT2D eigenvalue weighted by Gasteiger charge is -2.35. The van der Waals surface area contributed by atoms with Gasteiger partial charge in [-0.2, -0.15) is 13.2 Å². The summed E-state index contributed by atoms with van der Waals surface area (Å²) in [6, 6.07) is 16.5. The van der Waals surface area contributed by atoms with E-state index in [0.717, 1.165) is 17.9 Å². The van der Waals surface area contributed by atoms with Gasteiger partial charge in [-0.1, -0.05) is 65.7 Å². The van der Waals surface area contributed by atoms with Crippen molar-refractivity contribution in [3.63, 3.8) is 0 Å². The van der Waals surface area contributed by atoms with Crippen LogP contribution in [-0.2, 0) is 38.8 Å². The number of alkyl halides is 3. The van der Waals surface area contributed by atoms with E-state index in [1.807, 2.05) is 0 Å². The molecule has 0 heterocycles. The molecule has 232 valence electrons. The lowest BCUT2D eigenvalue weighted by atomic mass is 10.0.